The number of carbonyl (C=O) groups is 1. The van der Waals surface area contributed by atoms with Crippen molar-refractivity contribution in [2.75, 3.05) is 0 Å². The molecule has 0 aliphatic heterocycles. The van der Waals surface area contributed by atoms with Crippen LogP contribution in [0.15, 0.2) is 0 Å². The van der Waals surface area contributed by atoms with Crippen LogP contribution in [-0.2, 0) is 4.79 Å². The molecular weight excluding hydrogens is 309 g/mol. The van der Waals surface area contributed by atoms with Crippen LogP contribution in [0.4, 0.5) is 0 Å². The molecule has 0 aliphatic rings. The summed E-state index contributed by atoms with van der Waals surface area (Å²) in [6, 6.07) is 1.56. The molecule has 0 aromatic heterocycles. The van der Waals surface area contributed by atoms with Crippen molar-refractivity contribution in [1.29, 1.82) is 0 Å². The molecule has 120 valence electrons. The van der Waals surface area contributed by atoms with Gasteiger partial charge in [-0.15, -0.1) is 0 Å². The van der Waals surface area contributed by atoms with E-state index in [1.54, 1.807) is 6.04 Å². The average molecular weight is 347 g/mol. The van der Waals surface area contributed by atoms with Crippen LogP contribution < -0.4 is 0 Å². The van der Waals surface area contributed by atoms with Crippen molar-refractivity contribution in [3.8, 4) is 0 Å². The van der Waals surface area contributed by atoms with Gasteiger partial charge in [0.15, 0.2) is 0 Å². The van der Waals surface area contributed by atoms with E-state index in [-0.39, 0.29) is 0 Å². The first-order valence-electron chi connectivity index (χ1n) is 8.25. The molecule has 0 saturated carbocycles. The number of carbonyl (C=O) groups excluding carboxylic acids is 1. The lowest BCUT2D eigenvalue weighted by atomic mass is 10.2. The molecule has 0 rings (SSSR count). The second-order valence-corrected chi connectivity index (χ2v) is 50.9. The summed E-state index contributed by atoms with van der Waals surface area (Å²) in [6.45, 7) is 22.9. The Bertz CT molecular complexity index is 271. The Hall–Kier alpha value is 0.538. The summed E-state index contributed by atoms with van der Waals surface area (Å²) in [6.07, 6.45) is 5.62. The number of aldehydes is 1. The third-order valence-corrected chi connectivity index (χ3v) is 79.8. The first-order chi connectivity index (χ1) is 8.81. The maximum atomic E-state index is 10.5. The molecule has 0 radical (unpaired) electrons. The van der Waals surface area contributed by atoms with Gasteiger partial charge in [-0.1, -0.05) is 77.8 Å². The van der Waals surface area contributed by atoms with E-state index in [4.69, 9.17) is 0 Å². The van der Waals surface area contributed by atoms with Gasteiger partial charge in [0.25, 0.3) is 0 Å². The van der Waals surface area contributed by atoms with Gasteiger partial charge < -0.3 is 4.79 Å². The highest BCUT2D eigenvalue weighted by atomic mass is 29.9. The first-order valence-corrected chi connectivity index (χ1v) is 24.0. The van der Waals surface area contributed by atoms with Crippen LogP contribution in [0, 0.1) is 0 Å². The van der Waals surface area contributed by atoms with E-state index in [2.05, 4.69) is 58.9 Å². The van der Waals surface area contributed by atoms with Crippen molar-refractivity contribution < 1.29 is 4.79 Å². The lowest BCUT2D eigenvalue weighted by molar-refractivity contribution is -0.107. The zero-order valence-corrected chi connectivity index (χ0v) is 19.5. The van der Waals surface area contributed by atoms with E-state index in [0.717, 1.165) is 19.1 Å². The third-order valence-electron chi connectivity index (χ3n) is 5.21. The molecule has 0 aromatic carbocycles. The number of hydrogen-bond donors (Lipinski definition) is 0. The molecule has 0 amide bonds. The van der Waals surface area contributed by atoms with E-state index < -0.39 is 29.4 Å². The molecule has 0 aromatic rings. The fraction of sp³-hybridized carbons (Fsp3) is 0.933. The maximum absolute atomic E-state index is 10.5. The Morgan fingerprint density at radius 2 is 1.05 bits per heavy atom. The second kappa shape index (κ2) is 7.20. The fourth-order valence-corrected chi connectivity index (χ4v) is 104. The molecule has 20 heavy (non-hydrogen) atoms. The van der Waals surface area contributed by atoms with Gasteiger partial charge in [0.05, 0.1) is 0 Å². The van der Waals surface area contributed by atoms with Crippen LogP contribution in [0.1, 0.15) is 25.7 Å². The fourth-order valence-electron chi connectivity index (χ4n) is 5.29. The highest BCUT2D eigenvalue weighted by Gasteiger charge is 2.60. The van der Waals surface area contributed by atoms with Gasteiger partial charge in [-0.2, -0.15) is 0 Å². The lowest BCUT2D eigenvalue weighted by Gasteiger charge is -2.58. The Morgan fingerprint density at radius 1 is 0.650 bits per heavy atom. The van der Waals surface area contributed by atoms with E-state index in [1.165, 1.54) is 12.8 Å². The normalized spacial score (nSPS) is 14.4. The molecule has 0 atom stereocenters. The summed E-state index contributed by atoms with van der Waals surface area (Å²) in [7, 11) is -3.25. The molecule has 0 bridgehead atoms. The minimum Gasteiger partial charge on any atom is -0.303 e. The van der Waals surface area contributed by atoms with Crippen molar-refractivity contribution in [3.05, 3.63) is 0 Å². The molecule has 1 nitrogen and oxygen atoms in total. The third kappa shape index (κ3) is 4.51. The van der Waals surface area contributed by atoms with E-state index in [1.807, 2.05) is 0 Å². The highest BCUT2D eigenvalue weighted by Crippen LogP contribution is 2.41. The number of rotatable bonds is 9. The predicted octanol–water partition coefficient (Wildman–Crippen LogP) is 5.44. The maximum Gasteiger partial charge on any atom is 0.119 e. The highest BCUT2D eigenvalue weighted by molar-refractivity contribution is 7.89. The zero-order chi connectivity index (χ0) is 16.2. The Morgan fingerprint density at radius 3 is 1.35 bits per heavy atom. The number of unbranched alkanes of at least 4 members (excludes halogenated alkanes) is 3. The van der Waals surface area contributed by atoms with Crippen molar-refractivity contribution >= 4 is 35.7 Å². The van der Waals surface area contributed by atoms with E-state index in [9.17, 15) is 4.79 Å². The molecule has 0 aliphatic carbocycles. The predicted molar refractivity (Wildman–Crippen MR) is 105 cm³/mol. The second-order valence-electron chi connectivity index (χ2n) is 9.42. The minimum atomic E-state index is -1.13. The molecular formula is C15H38OSi4. The lowest BCUT2D eigenvalue weighted by Crippen LogP contribution is -2.82. The molecule has 0 heterocycles. The van der Waals surface area contributed by atoms with Gasteiger partial charge in [0, 0.05) is 35.8 Å². The zero-order valence-electron chi connectivity index (χ0n) is 15.5. The van der Waals surface area contributed by atoms with Crippen LogP contribution in [0.2, 0.25) is 65.0 Å². The molecule has 0 spiro atoms. The van der Waals surface area contributed by atoms with Gasteiger partial charge in [0.1, 0.15) is 6.29 Å². The smallest absolute Gasteiger partial charge is 0.119 e. The monoisotopic (exact) mass is 346 g/mol. The average Bonchev–Trinajstić information content (AvgIpc) is 2.17. The van der Waals surface area contributed by atoms with Crippen molar-refractivity contribution in [1.82, 2.24) is 0 Å². The molecule has 0 fully saturated rings. The Balaban J connectivity index is 5.30. The van der Waals surface area contributed by atoms with E-state index >= 15 is 0 Å². The quantitative estimate of drug-likeness (QED) is 0.308. The van der Waals surface area contributed by atoms with E-state index in [0.29, 0.717) is 0 Å². The van der Waals surface area contributed by atoms with Crippen molar-refractivity contribution in [2.24, 2.45) is 0 Å². The Kier molecular flexibility index (Phi) is 7.39. The van der Waals surface area contributed by atoms with Gasteiger partial charge in [-0.3, -0.25) is 0 Å². The topological polar surface area (TPSA) is 17.1 Å². The summed E-state index contributed by atoms with van der Waals surface area (Å²) in [5.41, 5.74) is 0. The summed E-state index contributed by atoms with van der Waals surface area (Å²) in [5, 5.41) is 0. The van der Waals surface area contributed by atoms with Crippen LogP contribution in [0.3, 0.4) is 0 Å². The van der Waals surface area contributed by atoms with Gasteiger partial charge in [-0.25, -0.2) is 0 Å². The molecule has 0 saturated heterocycles. The molecule has 5 heteroatoms. The Labute approximate surface area is 131 Å². The summed E-state index contributed by atoms with van der Waals surface area (Å²) < 4.78 is 0. The van der Waals surface area contributed by atoms with Crippen LogP contribution in [0.5, 0.6) is 0 Å². The SMILES string of the molecule is C[Si](C)(C)[Si](CCCCCC=O)([Si](C)(C)C)[Si](C)(C)C. The van der Waals surface area contributed by atoms with Gasteiger partial charge >= 0.3 is 0 Å². The number of hydrogen-bond acceptors (Lipinski definition) is 1. The van der Waals surface area contributed by atoms with Crippen LogP contribution >= 0.6 is 0 Å². The molecule has 0 unspecified atom stereocenters. The first kappa shape index (κ1) is 20.5. The van der Waals surface area contributed by atoms with Gasteiger partial charge in [0.2, 0.25) is 0 Å². The van der Waals surface area contributed by atoms with Crippen LogP contribution in [0.25, 0.3) is 0 Å². The van der Waals surface area contributed by atoms with Crippen molar-refractivity contribution in [3.63, 3.8) is 0 Å². The minimum absolute atomic E-state index is 0.765. The molecule has 0 N–H and O–H groups in total. The largest absolute Gasteiger partial charge is 0.303 e. The summed E-state index contributed by atoms with van der Waals surface area (Å²) in [5.74, 6) is 0. The standard InChI is InChI=1S/C15H38OSi4/c1-17(2,3)20(18(4,5)6,19(7,8)9)15-13-11-10-12-14-16/h14H,10-13,15H2,1-9H3. The van der Waals surface area contributed by atoms with Crippen LogP contribution in [-0.4, -0.2) is 35.7 Å². The van der Waals surface area contributed by atoms with Crippen molar-refractivity contribution in [2.45, 2.75) is 90.7 Å². The summed E-state index contributed by atoms with van der Waals surface area (Å²) >= 11 is 0. The van der Waals surface area contributed by atoms with Gasteiger partial charge in [-0.05, 0) is 6.42 Å². The summed E-state index contributed by atoms with van der Waals surface area (Å²) in [4.78, 5) is 10.5.